The molecule has 2 unspecified atom stereocenters. The van der Waals surface area contributed by atoms with Gasteiger partial charge < -0.3 is 20.7 Å². The minimum atomic E-state index is -0.479. The lowest BCUT2D eigenvalue weighted by Crippen LogP contribution is -2.38. The van der Waals surface area contributed by atoms with Crippen molar-refractivity contribution in [3.8, 4) is 0 Å². The molecule has 24 heavy (non-hydrogen) atoms. The molecule has 0 saturated heterocycles. The van der Waals surface area contributed by atoms with Crippen molar-refractivity contribution in [1.82, 2.24) is 10.6 Å². The van der Waals surface area contributed by atoms with Crippen LogP contribution in [-0.2, 0) is 4.74 Å². The van der Waals surface area contributed by atoms with Gasteiger partial charge in [0, 0.05) is 30.4 Å². The van der Waals surface area contributed by atoms with Gasteiger partial charge in [0.15, 0.2) is 0 Å². The highest BCUT2D eigenvalue weighted by Gasteiger charge is 2.27. The predicted octanol–water partition coefficient (Wildman–Crippen LogP) is 2.90. The van der Waals surface area contributed by atoms with Crippen LogP contribution >= 0.6 is 0 Å². The number of carbonyl (C=O) groups excluding carboxylic acids is 2. The Labute approximate surface area is 143 Å². The van der Waals surface area contributed by atoms with Gasteiger partial charge in [0.05, 0.1) is 0 Å². The molecule has 3 N–H and O–H groups in total. The molecule has 1 saturated carbocycles. The molecule has 1 fully saturated rings. The first-order chi connectivity index (χ1) is 11.3. The SMILES string of the molecule is CNC(=O)c1ccc(NC2CCC(NC(=O)OC(C)(C)C)C2)cc1. The second-order valence-corrected chi connectivity index (χ2v) is 7.15. The van der Waals surface area contributed by atoms with Crippen molar-refractivity contribution in [3.05, 3.63) is 29.8 Å². The number of amides is 2. The minimum absolute atomic E-state index is 0.0935. The van der Waals surface area contributed by atoms with Crippen LogP contribution in [0.25, 0.3) is 0 Å². The molecule has 6 heteroatoms. The molecule has 1 aromatic carbocycles. The van der Waals surface area contributed by atoms with Gasteiger partial charge in [-0.2, -0.15) is 0 Å². The highest BCUT2D eigenvalue weighted by Crippen LogP contribution is 2.23. The van der Waals surface area contributed by atoms with Crippen LogP contribution in [0.1, 0.15) is 50.4 Å². The fourth-order valence-electron chi connectivity index (χ4n) is 2.82. The van der Waals surface area contributed by atoms with Crippen LogP contribution in [-0.4, -0.2) is 36.7 Å². The summed E-state index contributed by atoms with van der Waals surface area (Å²) >= 11 is 0. The summed E-state index contributed by atoms with van der Waals surface area (Å²) in [5, 5.41) is 8.98. The van der Waals surface area contributed by atoms with Crippen molar-refractivity contribution in [2.45, 2.75) is 57.7 Å². The van der Waals surface area contributed by atoms with Crippen LogP contribution < -0.4 is 16.0 Å². The van der Waals surface area contributed by atoms with E-state index >= 15 is 0 Å². The van der Waals surface area contributed by atoms with Crippen molar-refractivity contribution in [3.63, 3.8) is 0 Å². The van der Waals surface area contributed by atoms with Gasteiger partial charge in [-0.3, -0.25) is 4.79 Å². The normalized spacial score (nSPS) is 20.3. The van der Waals surface area contributed by atoms with E-state index < -0.39 is 5.60 Å². The van der Waals surface area contributed by atoms with Gasteiger partial charge in [0.25, 0.3) is 5.91 Å². The summed E-state index contributed by atoms with van der Waals surface area (Å²) in [6.07, 6.45) is 2.41. The third kappa shape index (κ3) is 5.44. The largest absolute Gasteiger partial charge is 0.444 e. The lowest BCUT2D eigenvalue weighted by Gasteiger charge is -2.22. The highest BCUT2D eigenvalue weighted by atomic mass is 16.6. The summed E-state index contributed by atoms with van der Waals surface area (Å²) in [6, 6.07) is 7.83. The van der Waals surface area contributed by atoms with E-state index in [-0.39, 0.29) is 18.0 Å². The van der Waals surface area contributed by atoms with E-state index in [0.717, 1.165) is 24.9 Å². The Morgan fingerprint density at radius 3 is 2.29 bits per heavy atom. The Balaban J connectivity index is 1.81. The summed E-state index contributed by atoms with van der Waals surface area (Å²) in [6.45, 7) is 5.57. The third-order valence-corrected chi connectivity index (χ3v) is 3.90. The van der Waals surface area contributed by atoms with Crippen molar-refractivity contribution in [2.24, 2.45) is 0 Å². The number of anilines is 1. The summed E-state index contributed by atoms with van der Waals surface area (Å²) in [5.74, 6) is -0.0935. The second kappa shape index (κ2) is 7.55. The van der Waals surface area contributed by atoms with E-state index in [2.05, 4.69) is 16.0 Å². The first kappa shape index (κ1) is 18.1. The van der Waals surface area contributed by atoms with Gasteiger partial charge in [-0.15, -0.1) is 0 Å². The van der Waals surface area contributed by atoms with Gasteiger partial charge in [0.1, 0.15) is 5.60 Å². The highest BCUT2D eigenvalue weighted by molar-refractivity contribution is 5.94. The molecule has 0 spiro atoms. The van der Waals surface area contributed by atoms with Crippen LogP contribution in [0.5, 0.6) is 0 Å². The number of benzene rings is 1. The van der Waals surface area contributed by atoms with E-state index in [1.165, 1.54) is 0 Å². The first-order valence-electron chi connectivity index (χ1n) is 8.35. The minimum Gasteiger partial charge on any atom is -0.444 e. The van der Waals surface area contributed by atoms with E-state index in [4.69, 9.17) is 4.74 Å². The van der Waals surface area contributed by atoms with Crippen molar-refractivity contribution >= 4 is 17.7 Å². The molecule has 0 aliphatic heterocycles. The van der Waals surface area contributed by atoms with Crippen LogP contribution in [0.3, 0.4) is 0 Å². The Morgan fingerprint density at radius 1 is 1.08 bits per heavy atom. The standard InChI is InChI=1S/C18H27N3O3/c1-18(2,3)24-17(23)21-15-10-9-14(11-15)20-13-7-5-12(6-8-13)16(22)19-4/h5-8,14-15,20H,9-11H2,1-4H3,(H,19,22)(H,21,23). The molecule has 0 aromatic heterocycles. The molecule has 1 aliphatic rings. The second-order valence-electron chi connectivity index (χ2n) is 7.15. The average Bonchev–Trinajstić information content (AvgIpc) is 2.92. The molecule has 6 nitrogen and oxygen atoms in total. The van der Waals surface area contributed by atoms with Gasteiger partial charge >= 0.3 is 6.09 Å². The Bertz CT molecular complexity index is 578. The molecular formula is C18H27N3O3. The molecule has 1 aromatic rings. The van der Waals surface area contributed by atoms with Gasteiger partial charge in [-0.1, -0.05) is 0 Å². The Morgan fingerprint density at radius 2 is 1.71 bits per heavy atom. The van der Waals surface area contributed by atoms with E-state index in [0.29, 0.717) is 11.6 Å². The number of hydrogen-bond donors (Lipinski definition) is 3. The van der Waals surface area contributed by atoms with Crippen molar-refractivity contribution in [1.29, 1.82) is 0 Å². The summed E-state index contributed by atoms with van der Waals surface area (Å²) in [5.41, 5.74) is 1.14. The quantitative estimate of drug-likeness (QED) is 0.791. The Hall–Kier alpha value is -2.24. The fourth-order valence-corrected chi connectivity index (χ4v) is 2.82. The van der Waals surface area contributed by atoms with Crippen molar-refractivity contribution < 1.29 is 14.3 Å². The molecule has 2 rings (SSSR count). The maximum atomic E-state index is 11.8. The molecule has 132 valence electrons. The van der Waals surface area contributed by atoms with Crippen LogP contribution in [0, 0.1) is 0 Å². The topological polar surface area (TPSA) is 79.5 Å². The summed E-state index contributed by atoms with van der Waals surface area (Å²) < 4.78 is 5.29. The molecule has 2 amide bonds. The number of hydrogen-bond acceptors (Lipinski definition) is 4. The molecule has 0 heterocycles. The number of nitrogens with one attached hydrogen (secondary N) is 3. The van der Waals surface area contributed by atoms with Gasteiger partial charge in [-0.05, 0) is 64.3 Å². The number of ether oxygens (including phenoxy) is 1. The van der Waals surface area contributed by atoms with Crippen LogP contribution in [0.4, 0.5) is 10.5 Å². The smallest absolute Gasteiger partial charge is 0.407 e. The number of carbonyl (C=O) groups is 2. The summed E-state index contributed by atoms with van der Waals surface area (Å²) in [4.78, 5) is 23.3. The maximum Gasteiger partial charge on any atom is 0.407 e. The maximum absolute atomic E-state index is 11.8. The van der Waals surface area contributed by atoms with E-state index in [9.17, 15) is 9.59 Å². The zero-order chi connectivity index (χ0) is 17.7. The van der Waals surface area contributed by atoms with Gasteiger partial charge in [0.2, 0.25) is 0 Å². The van der Waals surface area contributed by atoms with E-state index in [1.807, 2.05) is 32.9 Å². The van der Waals surface area contributed by atoms with Gasteiger partial charge in [-0.25, -0.2) is 4.79 Å². The molecular weight excluding hydrogens is 306 g/mol. The zero-order valence-electron chi connectivity index (χ0n) is 14.8. The fraction of sp³-hybridized carbons (Fsp3) is 0.556. The van der Waals surface area contributed by atoms with E-state index in [1.54, 1.807) is 19.2 Å². The monoisotopic (exact) mass is 333 g/mol. The number of alkyl carbamates (subject to hydrolysis) is 1. The van der Waals surface area contributed by atoms with Crippen LogP contribution in [0.15, 0.2) is 24.3 Å². The molecule has 0 bridgehead atoms. The van der Waals surface area contributed by atoms with Crippen LogP contribution in [0.2, 0.25) is 0 Å². The van der Waals surface area contributed by atoms with Crippen molar-refractivity contribution in [2.75, 3.05) is 12.4 Å². The summed E-state index contributed by atoms with van der Waals surface area (Å²) in [7, 11) is 1.62. The third-order valence-electron chi connectivity index (χ3n) is 3.90. The lowest BCUT2D eigenvalue weighted by atomic mass is 10.1. The predicted molar refractivity (Wildman–Crippen MR) is 94.3 cm³/mol. The Kier molecular flexibility index (Phi) is 5.70. The average molecular weight is 333 g/mol. The molecule has 0 radical (unpaired) electrons. The zero-order valence-corrected chi connectivity index (χ0v) is 14.8. The first-order valence-corrected chi connectivity index (χ1v) is 8.35. The molecule has 2 atom stereocenters. The number of rotatable bonds is 4. The lowest BCUT2D eigenvalue weighted by molar-refractivity contribution is 0.0505. The molecule has 1 aliphatic carbocycles.